The van der Waals surface area contributed by atoms with Gasteiger partial charge in [-0.15, -0.1) is 0 Å². The highest BCUT2D eigenvalue weighted by Crippen LogP contribution is 2.29. The monoisotopic (exact) mass is 444 g/mol. The van der Waals surface area contributed by atoms with Gasteiger partial charge in [-0.25, -0.2) is 9.78 Å². The number of carbonyl (C=O) groups excluding carboxylic acids is 1. The molecule has 0 aliphatic carbocycles. The molecule has 0 spiro atoms. The van der Waals surface area contributed by atoms with Crippen molar-refractivity contribution in [2.24, 2.45) is 0 Å². The molecule has 5 heterocycles. The second-order valence-corrected chi connectivity index (χ2v) is 7.84. The Balaban J connectivity index is 1.41. The van der Waals surface area contributed by atoms with E-state index in [0.29, 0.717) is 48.7 Å². The van der Waals surface area contributed by atoms with E-state index in [4.69, 9.17) is 14.5 Å². The van der Waals surface area contributed by atoms with E-state index in [2.05, 4.69) is 25.1 Å². The van der Waals surface area contributed by atoms with Crippen LogP contribution in [0.4, 0.5) is 0 Å². The number of ether oxygens (including phenoxy) is 2. The third-order valence-electron chi connectivity index (χ3n) is 5.61. The van der Waals surface area contributed by atoms with Gasteiger partial charge >= 0.3 is 5.97 Å². The minimum absolute atomic E-state index is 0.313. The van der Waals surface area contributed by atoms with Crippen LogP contribution in [0.15, 0.2) is 48.8 Å². The van der Waals surface area contributed by atoms with Crippen LogP contribution in [0.1, 0.15) is 16.1 Å². The summed E-state index contributed by atoms with van der Waals surface area (Å²) in [5.74, 6) is -0.409. The van der Waals surface area contributed by atoms with Crippen molar-refractivity contribution in [1.29, 1.82) is 0 Å². The van der Waals surface area contributed by atoms with Gasteiger partial charge < -0.3 is 9.47 Å². The van der Waals surface area contributed by atoms with Crippen LogP contribution in [0.5, 0.6) is 0 Å². The third kappa shape index (κ3) is 4.59. The van der Waals surface area contributed by atoms with Crippen LogP contribution in [-0.4, -0.2) is 75.5 Å². The molecule has 5 rings (SSSR count). The first-order valence-electron chi connectivity index (χ1n) is 10.9. The average molecular weight is 444 g/mol. The van der Waals surface area contributed by atoms with Gasteiger partial charge in [0, 0.05) is 37.1 Å². The van der Waals surface area contributed by atoms with Gasteiger partial charge in [0.15, 0.2) is 0 Å². The smallest absolute Gasteiger partial charge is 0.340 e. The van der Waals surface area contributed by atoms with Crippen molar-refractivity contribution in [3.05, 3.63) is 60.0 Å². The predicted molar refractivity (Wildman–Crippen MR) is 123 cm³/mol. The number of esters is 1. The minimum Gasteiger partial charge on any atom is -0.461 e. The summed E-state index contributed by atoms with van der Waals surface area (Å²) in [6.07, 6.45) is 3.31. The van der Waals surface area contributed by atoms with Crippen LogP contribution in [0.2, 0.25) is 0 Å². The molecule has 9 heteroatoms. The minimum atomic E-state index is -0.409. The fourth-order valence-electron chi connectivity index (χ4n) is 3.87. The molecule has 1 saturated heterocycles. The zero-order valence-corrected chi connectivity index (χ0v) is 18.3. The molecule has 1 fully saturated rings. The Morgan fingerprint density at radius 2 is 2.00 bits per heavy atom. The average Bonchev–Trinajstić information content (AvgIpc) is 3.34. The predicted octanol–water partition coefficient (Wildman–Crippen LogP) is 2.88. The van der Waals surface area contributed by atoms with Crippen LogP contribution in [0.25, 0.3) is 33.7 Å². The summed E-state index contributed by atoms with van der Waals surface area (Å²) >= 11 is 0. The van der Waals surface area contributed by atoms with Crippen molar-refractivity contribution < 1.29 is 14.3 Å². The lowest BCUT2D eigenvalue weighted by Gasteiger charge is -2.26. The lowest BCUT2D eigenvalue weighted by molar-refractivity contribution is 0.0196. The molecule has 33 heavy (non-hydrogen) atoms. The second-order valence-electron chi connectivity index (χ2n) is 7.84. The summed E-state index contributed by atoms with van der Waals surface area (Å²) in [5.41, 5.74) is 5.43. The quantitative estimate of drug-likeness (QED) is 0.453. The highest BCUT2D eigenvalue weighted by Gasteiger charge is 2.18. The number of aromatic nitrogens is 5. The van der Waals surface area contributed by atoms with Gasteiger partial charge in [-0.05, 0) is 37.3 Å². The number of hydrogen-bond acceptors (Lipinski definition) is 8. The van der Waals surface area contributed by atoms with Gasteiger partial charge in [-0.2, -0.15) is 5.10 Å². The van der Waals surface area contributed by atoms with Gasteiger partial charge in [0.25, 0.3) is 0 Å². The summed E-state index contributed by atoms with van der Waals surface area (Å²) in [6, 6.07) is 11.2. The van der Waals surface area contributed by atoms with Crippen LogP contribution >= 0.6 is 0 Å². The Labute approximate surface area is 190 Å². The Hall–Kier alpha value is -3.69. The zero-order valence-electron chi connectivity index (χ0n) is 18.3. The molecular formula is C24H24N6O3. The summed E-state index contributed by atoms with van der Waals surface area (Å²) in [7, 11) is 0. The van der Waals surface area contributed by atoms with E-state index >= 15 is 0 Å². The van der Waals surface area contributed by atoms with E-state index in [1.807, 2.05) is 37.3 Å². The Bertz CT molecular complexity index is 1280. The molecule has 0 saturated carbocycles. The maximum absolute atomic E-state index is 12.9. The molecule has 0 radical (unpaired) electrons. The van der Waals surface area contributed by atoms with Gasteiger partial charge in [-0.1, -0.05) is 6.07 Å². The summed E-state index contributed by atoms with van der Waals surface area (Å²) in [6.45, 7) is 6.06. The fraction of sp³-hybridized carbons (Fsp3) is 0.292. The van der Waals surface area contributed by atoms with Crippen molar-refractivity contribution in [3.8, 4) is 22.6 Å². The number of H-pyrrole nitrogens is 1. The summed E-state index contributed by atoms with van der Waals surface area (Å²) in [5, 5.41) is 7.22. The molecule has 4 aromatic heterocycles. The van der Waals surface area contributed by atoms with E-state index in [1.54, 1.807) is 18.5 Å². The highest BCUT2D eigenvalue weighted by molar-refractivity contribution is 6.02. The number of carbonyl (C=O) groups is 1. The Morgan fingerprint density at radius 3 is 2.85 bits per heavy atom. The van der Waals surface area contributed by atoms with E-state index in [0.717, 1.165) is 35.7 Å². The number of nitrogens with one attached hydrogen (secondary N) is 1. The largest absolute Gasteiger partial charge is 0.461 e. The van der Waals surface area contributed by atoms with E-state index < -0.39 is 5.97 Å². The highest BCUT2D eigenvalue weighted by atomic mass is 16.5. The van der Waals surface area contributed by atoms with Gasteiger partial charge in [0.05, 0.1) is 47.6 Å². The molecule has 1 N–H and O–H groups in total. The van der Waals surface area contributed by atoms with E-state index in [1.165, 1.54) is 0 Å². The lowest BCUT2D eigenvalue weighted by Crippen LogP contribution is -2.38. The topological polar surface area (TPSA) is 106 Å². The first-order chi connectivity index (χ1) is 16.2. The number of nitrogens with zero attached hydrogens (tertiary/aromatic N) is 5. The SMILES string of the molecule is Cc1cccc(-c2[nH]ncc2-c2ccc3nccc(C(=O)OCCN4CCOCC4)c3n2)n1. The van der Waals surface area contributed by atoms with Crippen LogP contribution in [0, 0.1) is 6.92 Å². The molecule has 1 aliphatic heterocycles. The maximum Gasteiger partial charge on any atom is 0.340 e. The number of pyridine rings is 3. The second kappa shape index (κ2) is 9.43. The molecule has 0 atom stereocenters. The van der Waals surface area contributed by atoms with Crippen molar-refractivity contribution in [3.63, 3.8) is 0 Å². The van der Waals surface area contributed by atoms with Crippen molar-refractivity contribution in [1.82, 2.24) is 30.0 Å². The van der Waals surface area contributed by atoms with Crippen LogP contribution in [0.3, 0.4) is 0 Å². The Morgan fingerprint density at radius 1 is 1.12 bits per heavy atom. The number of fused-ring (bicyclic) bond motifs is 1. The van der Waals surface area contributed by atoms with Gasteiger partial charge in [0.1, 0.15) is 12.1 Å². The molecule has 168 valence electrons. The van der Waals surface area contributed by atoms with Gasteiger partial charge in [0.2, 0.25) is 0 Å². The lowest BCUT2D eigenvalue weighted by atomic mass is 10.1. The number of aromatic amines is 1. The fourth-order valence-corrected chi connectivity index (χ4v) is 3.87. The molecule has 1 aliphatic rings. The summed E-state index contributed by atoms with van der Waals surface area (Å²) in [4.78, 5) is 28.8. The standard InChI is InChI=1S/C24H24N6O3/c1-16-3-2-4-21(27-16)23-18(15-26-29-23)19-5-6-20-22(28-19)17(7-8-25-20)24(31)33-14-11-30-9-12-32-13-10-30/h2-8,15H,9-14H2,1H3,(H,26,29). The van der Waals surface area contributed by atoms with Crippen LogP contribution < -0.4 is 0 Å². The molecule has 4 aromatic rings. The maximum atomic E-state index is 12.9. The zero-order chi connectivity index (χ0) is 22.6. The number of aryl methyl sites for hydroxylation is 1. The molecular weight excluding hydrogens is 420 g/mol. The van der Waals surface area contributed by atoms with Gasteiger partial charge in [-0.3, -0.25) is 20.0 Å². The first-order valence-corrected chi connectivity index (χ1v) is 10.9. The van der Waals surface area contributed by atoms with Crippen molar-refractivity contribution >= 4 is 17.0 Å². The Kier molecular flexibility index (Phi) is 6.05. The normalized spacial score (nSPS) is 14.5. The number of rotatable bonds is 6. The molecule has 0 unspecified atom stereocenters. The van der Waals surface area contributed by atoms with E-state index in [-0.39, 0.29) is 0 Å². The summed E-state index contributed by atoms with van der Waals surface area (Å²) < 4.78 is 10.9. The van der Waals surface area contributed by atoms with Crippen LogP contribution in [-0.2, 0) is 9.47 Å². The molecule has 0 aromatic carbocycles. The number of hydrogen-bond donors (Lipinski definition) is 1. The van der Waals surface area contributed by atoms with Crippen molar-refractivity contribution in [2.75, 3.05) is 39.5 Å². The number of morpholine rings is 1. The van der Waals surface area contributed by atoms with E-state index in [9.17, 15) is 4.79 Å². The third-order valence-corrected chi connectivity index (χ3v) is 5.61. The first kappa shape index (κ1) is 21.2. The molecule has 0 bridgehead atoms. The van der Waals surface area contributed by atoms with Crippen molar-refractivity contribution in [2.45, 2.75) is 6.92 Å². The molecule has 0 amide bonds. The molecule has 9 nitrogen and oxygen atoms in total.